The van der Waals surface area contributed by atoms with E-state index in [0.717, 1.165) is 18.0 Å². The first-order valence-corrected chi connectivity index (χ1v) is 5.93. The lowest BCUT2D eigenvalue weighted by molar-refractivity contribution is 0.0931. The standard InChI is InChI=1S/C10H17N3OS/c1-5-6(2)7(3)11-10(14)9-8(4)12-13-15-9/h6-7H,5H2,1-4H3,(H,11,14). The molecule has 1 N–H and O–H groups in total. The zero-order valence-corrected chi connectivity index (χ0v) is 10.4. The van der Waals surface area contributed by atoms with Crippen LogP contribution in [0.15, 0.2) is 0 Å². The summed E-state index contributed by atoms with van der Waals surface area (Å²) in [5.74, 6) is 0.422. The average Bonchev–Trinajstić information content (AvgIpc) is 2.63. The van der Waals surface area contributed by atoms with Crippen molar-refractivity contribution in [2.45, 2.75) is 40.2 Å². The first-order chi connectivity index (χ1) is 7.06. The number of aromatic nitrogens is 2. The lowest BCUT2D eigenvalue weighted by Crippen LogP contribution is -2.36. The van der Waals surface area contributed by atoms with Crippen molar-refractivity contribution in [3.8, 4) is 0 Å². The maximum absolute atomic E-state index is 11.8. The zero-order valence-electron chi connectivity index (χ0n) is 9.57. The molecule has 0 spiro atoms. The minimum atomic E-state index is -0.0599. The van der Waals surface area contributed by atoms with Crippen molar-refractivity contribution in [3.63, 3.8) is 0 Å². The summed E-state index contributed by atoms with van der Waals surface area (Å²) in [5.41, 5.74) is 0.703. The van der Waals surface area contributed by atoms with Gasteiger partial charge in [0, 0.05) is 6.04 Å². The first-order valence-electron chi connectivity index (χ1n) is 5.16. The molecule has 0 saturated heterocycles. The molecule has 2 atom stereocenters. The maximum atomic E-state index is 11.8. The van der Waals surface area contributed by atoms with Gasteiger partial charge in [-0.2, -0.15) is 0 Å². The fourth-order valence-corrected chi connectivity index (χ4v) is 1.77. The Hall–Kier alpha value is -0.970. The van der Waals surface area contributed by atoms with Gasteiger partial charge in [-0.1, -0.05) is 24.8 Å². The third-order valence-corrected chi connectivity index (χ3v) is 3.54. The molecule has 1 aromatic heterocycles. The Labute approximate surface area is 94.3 Å². The molecule has 1 aromatic rings. The Morgan fingerprint density at radius 1 is 1.53 bits per heavy atom. The van der Waals surface area contributed by atoms with Gasteiger partial charge in [-0.3, -0.25) is 4.79 Å². The van der Waals surface area contributed by atoms with Crippen molar-refractivity contribution in [3.05, 3.63) is 10.6 Å². The normalized spacial score (nSPS) is 14.7. The SMILES string of the molecule is CCC(C)C(C)NC(=O)c1snnc1C. The van der Waals surface area contributed by atoms with Crippen LogP contribution in [0.25, 0.3) is 0 Å². The molecule has 0 radical (unpaired) electrons. The van der Waals surface area contributed by atoms with E-state index in [9.17, 15) is 4.79 Å². The van der Waals surface area contributed by atoms with Gasteiger partial charge in [0.1, 0.15) is 4.88 Å². The third-order valence-electron chi connectivity index (χ3n) is 2.71. The summed E-state index contributed by atoms with van der Waals surface area (Å²) in [6, 6.07) is 0.184. The highest BCUT2D eigenvalue weighted by Crippen LogP contribution is 2.11. The monoisotopic (exact) mass is 227 g/mol. The summed E-state index contributed by atoms with van der Waals surface area (Å²) < 4.78 is 3.75. The first kappa shape index (κ1) is 12.1. The Kier molecular flexibility index (Phi) is 4.20. The molecular formula is C10H17N3OS. The van der Waals surface area contributed by atoms with Gasteiger partial charge in [-0.15, -0.1) is 5.10 Å². The fraction of sp³-hybridized carbons (Fsp3) is 0.700. The van der Waals surface area contributed by atoms with Crippen molar-refractivity contribution in [2.75, 3.05) is 0 Å². The highest BCUT2D eigenvalue weighted by molar-refractivity contribution is 7.07. The molecule has 0 saturated carbocycles. The van der Waals surface area contributed by atoms with Gasteiger partial charge >= 0.3 is 0 Å². The number of nitrogens with one attached hydrogen (secondary N) is 1. The van der Waals surface area contributed by atoms with Crippen LogP contribution in [0.3, 0.4) is 0 Å². The summed E-state index contributed by atoms with van der Waals surface area (Å²) in [6.07, 6.45) is 1.06. The van der Waals surface area contributed by atoms with Crippen LogP contribution in [0.4, 0.5) is 0 Å². The molecule has 84 valence electrons. The molecule has 2 unspecified atom stereocenters. The van der Waals surface area contributed by atoms with Gasteiger partial charge in [-0.05, 0) is 31.3 Å². The molecule has 1 heterocycles. The van der Waals surface area contributed by atoms with E-state index >= 15 is 0 Å². The Morgan fingerprint density at radius 3 is 2.67 bits per heavy atom. The van der Waals surface area contributed by atoms with E-state index in [-0.39, 0.29) is 11.9 Å². The number of amides is 1. The van der Waals surface area contributed by atoms with Crippen LogP contribution >= 0.6 is 11.5 Å². The van der Waals surface area contributed by atoms with Crippen LogP contribution in [0, 0.1) is 12.8 Å². The summed E-state index contributed by atoms with van der Waals surface area (Å²) in [7, 11) is 0. The largest absolute Gasteiger partial charge is 0.349 e. The van der Waals surface area contributed by atoms with E-state index in [1.807, 2.05) is 6.92 Å². The minimum absolute atomic E-state index is 0.0599. The lowest BCUT2D eigenvalue weighted by atomic mass is 10.0. The number of carbonyl (C=O) groups is 1. The van der Waals surface area contributed by atoms with E-state index in [4.69, 9.17) is 0 Å². The third kappa shape index (κ3) is 2.99. The summed E-state index contributed by atoms with van der Waals surface area (Å²) in [6.45, 7) is 8.07. The second-order valence-electron chi connectivity index (χ2n) is 3.84. The number of hydrogen-bond donors (Lipinski definition) is 1. The van der Waals surface area contributed by atoms with Gasteiger partial charge in [0.05, 0.1) is 5.69 Å². The molecule has 4 nitrogen and oxygen atoms in total. The molecule has 1 rings (SSSR count). The van der Waals surface area contributed by atoms with Crippen LogP contribution in [0.5, 0.6) is 0 Å². The van der Waals surface area contributed by atoms with Crippen LogP contribution < -0.4 is 5.32 Å². The molecule has 0 fully saturated rings. The Bertz CT molecular complexity index is 337. The van der Waals surface area contributed by atoms with E-state index in [1.165, 1.54) is 0 Å². The van der Waals surface area contributed by atoms with Crippen molar-refractivity contribution >= 4 is 17.4 Å². The van der Waals surface area contributed by atoms with Gasteiger partial charge in [0.15, 0.2) is 0 Å². The van der Waals surface area contributed by atoms with Gasteiger partial charge < -0.3 is 5.32 Å². The smallest absolute Gasteiger partial charge is 0.265 e. The predicted octanol–water partition coefficient (Wildman–Crippen LogP) is 2.01. The fourth-order valence-electron chi connectivity index (χ4n) is 1.21. The van der Waals surface area contributed by atoms with Crippen molar-refractivity contribution in [1.82, 2.24) is 14.9 Å². The molecule has 0 bridgehead atoms. The number of carbonyl (C=O) groups excluding carboxylic acids is 1. The Balaban J connectivity index is 2.60. The number of nitrogens with zero attached hydrogens (tertiary/aromatic N) is 2. The highest BCUT2D eigenvalue weighted by Gasteiger charge is 2.17. The zero-order chi connectivity index (χ0) is 11.4. The average molecular weight is 227 g/mol. The molecular weight excluding hydrogens is 210 g/mol. The van der Waals surface area contributed by atoms with Gasteiger partial charge in [0.2, 0.25) is 0 Å². The topological polar surface area (TPSA) is 54.9 Å². The minimum Gasteiger partial charge on any atom is -0.349 e. The van der Waals surface area contributed by atoms with E-state index in [2.05, 4.69) is 28.8 Å². The molecule has 0 aliphatic heterocycles. The summed E-state index contributed by atoms with van der Waals surface area (Å²) in [5, 5.41) is 6.78. The van der Waals surface area contributed by atoms with Crippen molar-refractivity contribution in [2.24, 2.45) is 5.92 Å². The number of hydrogen-bond acceptors (Lipinski definition) is 4. The Morgan fingerprint density at radius 2 is 2.20 bits per heavy atom. The van der Waals surface area contributed by atoms with Crippen LogP contribution in [0.1, 0.15) is 42.6 Å². The lowest BCUT2D eigenvalue weighted by Gasteiger charge is -2.19. The van der Waals surface area contributed by atoms with Crippen molar-refractivity contribution < 1.29 is 4.79 Å². The molecule has 1 amide bonds. The van der Waals surface area contributed by atoms with E-state index in [0.29, 0.717) is 16.5 Å². The van der Waals surface area contributed by atoms with Crippen molar-refractivity contribution in [1.29, 1.82) is 0 Å². The molecule has 15 heavy (non-hydrogen) atoms. The quantitative estimate of drug-likeness (QED) is 0.856. The van der Waals surface area contributed by atoms with Crippen LogP contribution in [-0.2, 0) is 0 Å². The highest BCUT2D eigenvalue weighted by atomic mass is 32.1. The molecule has 0 aliphatic carbocycles. The molecule has 0 aliphatic rings. The molecule has 0 aromatic carbocycles. The second kappa shape index (κ2) is 5.21. The van der Waals surface area contributed by atoms with E-state index < -0.39 is 0 Å². The van der Waals surface area contributed by atoms with Gasteiger partial charge in [-0.25, -0.2) is 0 Å². The predicted molar refractivity (Wildman–Crippen MR) is 61.0 cm³/mol. The van der Waals surface area contributed by atoms with E-state index in [1.54, 1.807) is 6.92 Å². The van der Waals surface area contributed by atoms with Gasteiger partial charge in [0.25, 0.3) is 5.91 Å². The number of rotatable bonds is 4. The van der Waals surface area contributed by atoms with Crippen LogP contribution in [0.2, 0.25) is 0 Å². The summed E-state index contributed by atoms with van der Waals surface area (Å²) in [4.78, 5) is 12.4. The molecule has 5 heteroatoms. The maximum Gasteiger partial charge on any atom is 0.265 e. The second-order valence-corrected chi connectivity index (χ2v) is 4.59. The van der Waals surface area contributed by atoms with Crippen LogP contribution in [-0.4, -0.2) is 21.5 Å². The number of aryl methyl sites for hydroxylation is 1. The summed E-state index contributed by atoms with van der Waals surface area (Å²) >= 11 is 1.15.